The summed E-state index contributed by atoms with van der Waals surface area (Å²) >= 11 is 5.85. The second kappa shape index (κ2) is 6.41. The highest BCUT2D eigenvalue weighted by atomic mass is 35.5. The van der Waals surface area contributed by atoms with Crippen LogP contribution in [0.5, 0.6) is 0 Å². The second-order valence-electron chi connectivity index (χ2n) is 5.14. The van der Waals surface area contributed by atoms with Gasteiger partial charge in [0.2, 0.25) is 5.43 Å². The molecule has 1 aromatic carbocycles. The van der Waals surface area contributed by atoms with Gasteiger partial charge in [0.1, 0.15) is 11.4 Å². The molecule has 3 rings (SSSR count). The summed E-state index contributed by atoms with van der Waals surface area (Å²) in [6.07, 6.45) is 4.68. The van der Waals surface area contributed by atoms with Crippen LogP contribution in [0.3, 0.4) is 0 Å². The number of pyridine rings is 2. The number of benzene rings is 1. The van der Waals surface area contributed by atoms with Gasteiger partial charge in [0.05, 0.1) is 17.6 Å². The smallest absolute Gasteiger partial charge is 0.343 e. The lowest BCUT2D eigenvalue weighted by Gasteiger charge is -2.13. The summed E-state index contributed by atoms with van der Waals surface area (Å²) in [7, 11) is 1.18. The molecule has 0 radical (unpaired) electrons. The van der Waals surface area contributed by atoms with Crippen molar-refractivity contribution >= 4 is 28.5 Å². The zero-order valence-corrected chi connectivity index (χ0v) is 13.4. The minimum absolute atomic E-state index is 0.0590. The molecule has 7 heteroatoms. The first-order valence-corrected chi connectivity index (χ1v) is 7.38. The fraction of sp³-hybridized carbons (Fsp3) is 0.118. The predicted molar refractivity (Wildman–Crippen MR) is 87.9 cm³/mol. The number of hydrogen-bond donors (Lipinski definition) is 0. The molecule has 0 spiro atoms. The average Bonchev–Trinajstić information content (AvgIpc) is 2.59. The van der Waals surface area contributed by atoms with Gasteiger partial charge in [0.25, 0.3) is 0 Å². The molecule has 3 aromatic rings. The van der Waals surface area contributed by atoms with Crippen LogP contribution in [-0.4, -0.2) is 22.6 Å². The third-order valence-electron chi connectivity index (χ3n) is 3.60. The van der Waals surface area contributed by atoms with Crippen molar-refractivity contribution < 1.29 is 13.9 Å². The standard InChI is InChI=1S/C17H12ClFN2O3/c1-24-17(23)12-9-21(8-10-3-2-4-20-7-10)15-6-13(18)14(19)5-11(15)16(12)22/h2-7,9H,8H2,1H3. The Kier molecular flexibility index (Phi) is 4.31. The summed E-state index contributed by atoms with van der Waals surface area (Å²) in [5.74, 6) is -1.51. The molecule has 0 fully saturated rings. The molecular weight excluding hydrogens is 335 g/mol. The van der Waals surface area contributed by atoms with Gasteiger partial charge >= 0.3 is 5.97 Å². The SMILES string of the molecule is COC(=O)c1cn(Cc2cccnc2)c2cc(Cl)c(F)cc2c1=O. The quantitative estimate of drug-likeness (QED) is 0.684. The lowest BCUT2D eigenvalue weighted by atomic mass is 10.1. The number of carbonyl (C=O) groups is 1. The minimum atomic E-state index is -0.780. The first kappa shape index (κ1) is 16.1. The molecule has 0 amide bonds. The Morgan fingerprint density at radius 1 is 1.42 bits per heavy atom. The molecular formula is C17H12ClFN2O3. The van der Waals surface area contributed by atoms with Crippen molar-refractivity contribution in [2.24, 2.45) is 0 Å². The van der Waals surface area contributed by atoms with Crippen LogP contribution in [0, 0.1) is 5.82 Å². The molecule has 0 bridgehead atoms. The van der Waals surface area contributed by atoms with Gasteiger partial charge in [-0.3, -0.25) is 9.78 Å². The van der Waals surface area contributed by atoms with E-state index in [1.165, 1.54) is 19.4 Å². The Balaban J connectivity index is 2.29. The minimum Gasteiger partial charge on any atom is -0.465 e. The van der Waals surface area contributed by atoms with Crippen LogP contribution < -0.4 is 5.43 Å². The number of halogens is 2. The molecule has 0 N–H and O–H groups in total. The highest BCUT2D eigenvalue weighted by molar-refractivity contribution is 6.31. The number of ether oxygens (including phenoxy) is 1. The molecule has 5 nitrogen and oxygen atoms in total. The zero-order chi connectivity index (χ0) is 17.3. The van der Waals surface area contributed by atoms with Gasteiger partial charge in [-0.05, 0) is 23.8 Å². The number of esters is 1. The lowest BCUT2D eigenvalue weighted by molar-refractivity contribution is 0.0598. The molecule has 2 heterocycles. The van der Waals surface area contributed by atoms with Gasteiger partial charge in [-0.15, -0.1) is 0 Å². The molecule has 0 saturated carbocycles. The van der Waals surface area contributed by atoms with Crippen molar-refractivity contribution in [3.8, 4) is 0 Å². The van der Waals surface area contributed by atoms with Gasteiger partial charge in [-0.25, -0.2) is 9.18 Å². The predicted octanol–water partition coefficient (Wildman–Crippen LogP) is 3.02. The van der Waals surface area contributed by atoms with E-state index in [4.69, 9.17) is 11.6 Å². The van der Waals surface area contributed by atoms with Crippen LogP contribution in [0.2, 0.25) is 5.02 Å². The largest absolute Gasteiger partial charge is 0.465 e. The van der Waals surface area contributed by atoms with Crippen molar-refractivity contribution in [2.75, 3.05) is 7.11 Å². The summed E-state index contributed by atoms with van der Waals surface area (Å²) in [6.45, 7) is 0.330. The average molecular weight is 347 g/mol. The highest BCUT2D eigenvalue weighted by Gasteiger charge is 2.17. The van der Waals surface area contributed by atoms with E-state index < -0.39 is 17.2 Å². The van der Waals surface area contributed by atoms with Crippen LogP contribution in [0.25, 0.3) is 10.9 Å². The molecule has 0 atom stereocenters. The summed E-state index contributed by atoms with van der Waals surface area (Å²) in [5.41, 5.74) is 0.493. The van der Waals surface area contributed by atoms with Crippen LogP contribution in [0.4, 0.5) is 4.39 Å². The molecule has 24 heavy (non-hydrogen) atoms. The van der Waals surface area contributed by atoms with E-state index in [1.807, 2.05) is 6.07 Å². The lowest BCUT2D eigenvalue weighted by Crippen LogP contribution is -2.20. The number of methoxy groups -OCH3 is 1. The first-order valence-electron chi connectivity index (χ1n) is 7.00. The van der Waals surface area contributed by atoms with Crippen LogP contribution in [0.15, 0.2) is 47.7 Å². The van der Waals surface area contributed by atoms with Gasteiger partial charge in [-0.2, -0.15) is 0 Å². The molecule has 0 unspecified atom stereocenters. The van der Waals surface area contributed by atoms with Gasteiger partial charge in [0, 0.05) is 30.5 Å². The first-order chi connectivity index (χ1) is 11.5. The third kappa shape index (κ3) is 2.88. The summed E-state index contributed by atoms with van der Waals surface area (Å²) in [4.78, 5) is 28.4. The van der Waals surface area contributed by atoms with Crippen molar-refractivity contribution in [2.45, 2.75) is 6.54 Å². The monoisotopic (exact) mass is 346 g/mol. The van der Waals surface area contributed by atoms with Gasteiger partial charge in [0.15, 0.2) is 0 Å². The van der Waals surface area contributed by atoms with E-state index in [9.17, 15) is 14.0 Å². The highest BCUT2D eigenvalue weighted by Crippen LogP contribution is 2.22. The second-order valence-corrected chi connectivity index (χ2v) is 5.54. The van der Waals surface area contributed by atoms with Crippen molar-refractivity contribution in [3.05, 3.63) is 75.0 Å². The fourth-order valence-corrected chi connectivity index (χ4v) is 2.62. The molecule has 0 aliphatic carbocycles. The maximum absolute atomic E-state index is 13.8. The third-order valence-corrected chi connectivity index (χ3v) is 3.89. The fourth-order valence-electron chi connectivity index (χ4n) is 2.46. The maximum Gasteiger partial charge on any atom is 0.343 e. The number of fused-ring (bicyclic) bond motifs is 1. The number of hydrogen-bond acceptors (Lipinski definition) is 4. The van der Waals surface area contributed by atoms with Crippen molar-refractivity contribution in [1.29, 1.82) is 0 Å². The topological polar surface area (TPSA) is 61.2 Å². The Morgan fingerprint density at radius 3 is 2.88 bits per heavy atom. The van der Waals surface area contributed by atoms with Gasteiger partial charge in [-0.1, -0.05) is 17.7 Å². The summed E-state index contributed by atoms with van der Waals surface area (Å²) < 4.78 is 20.1. The van der Waals surface area contributed by atoms with Crippen LogP contribution in [0.1, 0.15) is 15.9 Å². The van der Waals surface area contributed by atoms with E-state index in [0.717, 1.165) is 11.6 Å². The van der Waals surface area contributed by atoms with Crippen LogP contribution >= 0.6 is 11.6 Å². The Morgan fingerprint density at radius 2 is 2.21 bits per heavy atom. The summed E-state index contributed by atoms with van der Waals surface area (Å²) in [5, 5.41) is -0.0451. The molecule has 0 saturated heterocycles. The molecule has 122 valence electrons. The number of carbonyl (C=O) groups excluding carboxylic acids is 1. The van der Waals surface area contributed by atoms with E-state index in [2.05, 4.69) is 9.72 Å². The molecule has 0 aliphatic heterocycles. The van der Waals surface area contributed by atoms with E-state index >= 15 is 0 Å². The summed E-state index contributed by atoms with van der Waals surface area (Å²) in [6, 6.07) is 6.02. The van der Waals surface area contributed by atoms with Gasteiger partial charge < -0.3 is 9.30 Å². The number of aromatic nitrogens is 2. The Hall–Kier alpha value is -2.73. The van der Waals surface area contributed by atoms with Crippen molar-refractivity contribution in [1.82, 2.24) is 9.55 Å². The Bertz CT molecular complexity index is 987. The Labute approximate surface area is 141 Å². The van der Waals surface area contributed by atoms with E-state index in [1.54, 1.807) is 23.0 Å². The van der Waals surface area contributed by atoms with Crippen molar-refractivity contribution in [3.63, 3.8) is 0 Å². The molecule has 2 aromatic heterocycles. The molecule has 0 aliphatic rings. The maximum atomic E-state index is 13.8. The van der Waals surface area contributed by atoms with Crippen LogP contribution in [-0.2, 0) is 11.3 Å². The number of rotatable bonds is 3. The van der Waals surface area contributed by atoms with E-state index in [0.29, 0.717) is 12.1 Å². The number of nitrogens with zero attached hydrogens (tertiary/aromatic N) is 2. The van der Waals surface area contributed by atoms with E-state index in [-0.39, 0.29) is 16.0 Å². The normalized spacial score (nSPS) is 10.8. The zero-order valence-electron chi connectivity index (χ0n) is 12.6.